The summed E-state index contributed by atoms with van der Waals surface area (Å²) in [6, 6.07) is 5.70. The van der Waals surface area contributed by atoms with Gasteiger partial charge in [-0.3, -0.25) is 0 Å². The molecular formula is C17H15F6N3O3S. The number of halogens is 6. The van der Waals surface area contributed by atoms with Gasteiger partial charge in [0.05, 0.1) is 17.3 Å². The molecule has 0 fully saturated rings. The van der Waals surface area contributed by atoms with Crippen molar-refractivity contribution in [3.05, 3.63) is 46.9 Å². The maximum atomic E-state index is 12.9. The van der Waals surface area contributed by atoms with Crippen LogP contribution in [0.1, 0.15) is 22.5 Å². The van der Waals surface area contributed by atoms with Crippen molar-refractivity contribution in [1.29, 1.82) is 0 Å². The number of furan rings is 1. The van der Waals surface area contributed by atoms with Gasteiger partial charge in [-0.25, -0.2) is 4.79 Å². The molecule has 1 aromatic carbocycles. The standard InChI is InChI=1S/C15H14F3N3OS.C2HF3O2/c1-9-11(12(8-22-9)15(16,17)18)5-6-19-7-10-3-2-4-13-14(10)21-23-20-13;3-2(4,5)1(6)7/h2-4,8,19H,5-7H2,1H3;(H,6,7). The lowest BCUT2D eigenvalue weighted by Crippen LogP contribution is -2.21. The Morgan fingerprint density at radius 1 is 1.20 bits per heavy atom. The van der Waals surface area contributed by atoms with Crippen molar-refractivity contribution < 1.29 is 40.7 Å². The summed E-state index contributed by atoms with van der Waals surface area (Å²) in [4.78, 5) is 8.90. The number of hydrogen-bond donors (Lipinski definition) is 2. The average molecular weight is 455 g/mol. The molecule has 0 aliphatic carbocycles. The maximum absolute atomic E-state index is 12.9. The number of fused-ring (bicyclic) bond motifs is 1. The largest absolute Gasteiger partial charge is 0.490 e. The van der Waals surface area contributed by atoms with E-state index in [-0.39, 0.29) is 12.0 Å². The number of aliphatic carboxylic acids is 1. The van der Waals surface area contributed by atoms with Crippen LogP contribution in [0, 0.1) is 6.92 Å². The third kappa shape index (κ3) is 6.16. The van der Waals surface area contributed by atoms with Crippen molar-refractivity contribution in [2.24, 2.45) is 0 Å². The summed E-state index contributed by atoms with van der Waals surface area (Å²) < 4.78 is 83.7. The fourth-order valence-electron chi connectivity index (χ4n) is 2.47. The quantitative estimate of drug-likeness (QED) is 0.433. The van der Waals surface area contributed by atoms with Crippen LogP contribution in [0.15, 0.2) is 28.9 Å². The summed E-state index contributed by atoms with van der Waals surface area (Å²) in [5.74, 6) is -2.45. The van der Waals surface area contributed by atoms with E-state index in [0.717, 1.165) is 34.6 Å². The van der Waals surface area contributed by atoms with Gasteiger partial charge in [-0.2, -0.15) is 35.1 Å². The molecule has 0 spiro atoms. The highest BCUT2D eigenvalue weighted by Crippen LogP contribution is 2.34. The molecule has 2 aromatic heterocycles. The van der Waals surface area contributed by atoms with Crippen molar-refractivity contribution >= 4 is 28.7 Å². The summed E-state index contributed by atoms with van der Waals surface area (Å²) >= 11 is 1.15. The van der Waals surface area contributed by atoms with Crippen LogP contribution in [-0.4, -0.2) is 32.5 Å². The minimum absolute atomic E-state index is 0.207. The number of benzene rings is 1. The normalized spacial score (nSPS) is 12.0. The van der Waals surface area contributed by atoms with Crippen molar-refractivity contribution in [2.45, 2.75) is 32.2 Å². The number of rotatable bonds is 5. The van der Waals surface area contributed by atoms with Crippen molar-refractivity contribution in [2.75, 3.05) is 6.54 Å². The van der Waals surface area contributed by atoms with E-state index in [0.29, 0.717) is 18.8 Å². The Balaban J connectivity index is 0.000000396. The number of aromatic nitrogens is 2. The summed E-state index contributed by atoms with van der Waals surface area (Å²) in [6.07, 6.45) is -8.43. The lowest BCUT2D eigenvalue weighted by molar-refractivity contribution is -0.192. The van der Waals surface area contributed by atoms with Crippen molar-refractivity contribution in [3.8, 4) is 0 Å². The number of alkyl halides is 6. The number of carbonyl (C=O) groups is 1. The van der Waals surface area contributed by atoms with Gasteiger partial charge in [0.1, 0.15) is 23.1 Å². The van der Waals surface area contributed by atoms with Crippen LogP contribution >= 0.6 is 11.7 Å². The zero-order valence-corrected chi connectivity index (χ0v) is 16.1. The Morgan fingerprint density at radius 2 is 1.87 bits per heavy atom. The number of hydrogen-bond acceptors (Lipinski definition) is 6. The fourth-order valence-corrected chi connectivity index (χ4v) is 3.04. The Kier molecular flexibility index (Phi) is 7.42. The third-order valence-corrected chi connectivity index (χ3v) is 4.43. The topological polar surface area (TPSA) is 88.3 Å². The predicted octanol–water partition coefficient (Wildman–Crippen LogP) is 4.58. The molecule has 0 bridgehead atoms. The van der Waals surface area contributed by atoms with E-state index in [1.165, 1.54) is 0 Å². The highest BCUT2D eigenvalue weighted by atomic mass is 32.1. The molecule has 0 amide bonds. The number of carboxylic acids is 1. The molecule has 0 unspecified atom stereocenters. The van der Waals surface area contributed by atoms with E-state index in [2.05, 4.69) is 14.1 Å². The van der Waals surface area contributed by atoms with Gasteiger partial charge < -0.3 is 14.8 Å². The third-order valence-electron chi connectivity index (χ3n) is 3.89. The van der Waals surface area contributed by atoms with E-state index in [1.807, 2.05) is 18.2 Å². The van der Waals surface area contributed by atoms with Gasteiger partial charge in [0, 0.05) is 12.1 Å². The van der Waals surface area contributed by atoms with Gasteiger partial charge in [-0.15, -0.1) is 0 Å². The van der Waals surface area contributed by atoms with Gasteiger partial charge in [0.25, 0.3) is 0 Å². The molecule has 3 aromatic rings. The molecule has 164 valence electrons. The highest BCUT2D eigenvalue weighted by Gasteiger charge is 2.38. The van der Waals surface area contributed by atoms with Crippen molar-refractivity contribution in [3.63, 3.8) is 0 Å². The van der Waals surface area contributed by atoms with Gasteiger partial charge in [0.15, 0.2) is 0 Å². The first-order valence-corrected chi connectivity index (χ1v) is 8.99. The zero-order chi connectivity index (χ0) is 22.5. The highest BCUT2D eigenvalue weighted by molar-refractivity contribution is 7.00. The zero-order valence-electron chi connectivity index (χ0n) is 15.3. The summed E-state index contributed by atoms with van der Waals surface area (Å²) in [6.45, 7) is 2.49. The Hall–Kier alpha value is -2.67. The molecule has 2 N–H and O–H groups in total. The second-order valence-electron chi connectivity index (χ2n) is 5.96. The van der Waals surface area contributed by atoms with Crippen LogP contribution in [0.25, 0.3) is 11.0 Å². The molecule has 0 saturated carbocycles. The van der Waals surface area contributed by atoms with Gasteiger partial charge in [-0.05, 0) is 31.5 Å². The lowest BCUT2D eigenvalue weighted by Gasteiger charge is -2.09. The van der Waals surface area contributed by atoms with E-state index in [4.69, 9.17) is 14.3 Å². The molecule has 0 radical (unpaired) electrons. The molecule has 0 saturated heterocycles. The average Bonchev–Trinajstić information content (AvgIpc) is 3.25. The fraction of sp³-hybridized carbons (Fsp3) is 0.353. The number of nitrogens with zero attached hydrogens (tertiary/aromatic N) is 2. The van der Waals surface area contributed by atoms with Gasteiger partial charge >= 0.3 is 18.3 Å². The molecule has 0 aliphatic heterocycles. The van der Waals surface area contributed by atoms with Crippen LogP contribution in [0.2, 0.25) is 0 Å². The summed E-state index contributed by atoms with van der Waals surface area (Å²) in [5.41, 5.74) is 2.16. The van der Waals surface area contributed by atoms with E-state index in [9.17, 15) is 26.3 Å². The van der Waals surface area contributed by atoms with Crippen LogP contribution in [0.3, 0.4) is 0 Å². The Labute approximate surface area is 169 Å². The second-order valence-corrected chi connectivity index (χ2v) is 6.49. The molecule has 3 rings (SSSR count). The first-order chi connectivity index (χ1) is 13.9. The minimum Gasteiger partial charge on any atom is -0.475 e. The van der Waals surface area contributed by atoms with Gasteiger partial charge in [0.2, 0.25) is 0 Å². The second kappa shape index (κ2) is 9.43. The number of aryl methyl sites for hydroxylation is 1. The Bertz CT molecular complexity index is 997. The van der Waals surface area contributed by atoms with E-state index >= 15 is 0 Å². The number of carboxylic acid groups (broad SMARTS) is 1. The van der Waals surface area contributed by atoms with E-state index < -0.39 is 23.9 Å². The van der Waals surface area contributed by atoms with Crippen molar-refractivity contribution in [1.82, 2.24) is 14.1 Å². The first kappa shape index (κ1) is 23.6. The molecule has 0 atom stereocenters. The van der Waals surface area contributed by atoms with Crippen LogP contribution in [0.5, 0.6) is 0 Å². The minimum atomic E-state index is -5.08. The molecule has 2 heterocycles. The van der Waals surface area contributed by atoms with Crippen LogP contribution in [-0.2, 0) is 23.9 Å². The SMILES string of the molecule is Cc1occ(C(F)(F)F)c1CCNCc1cccc2nsnc12.O=C(O)C(F)(F)F. The summed E-state index contributed by atoms with van der Waals surface area (Å²) in [5, 5.41) is 10.3. The van der Waals surface area contributed by atoms with E-state index in [1.54, 1.807) is 6.92 Å². The lowest BCUT2D eigenvalue weighted by atomic mass is 10.1. The molecule has 0 aliphatic rings. The summed E-state index contributed by atoms with van der Waals surface area (Å²) in [7, 11) is 0. The molecule has 30 heavy (non-hydrogen) atoms. The molecule has 6 nitrogen and oxygen atoms in total. The predicted molar refractivity (Wildman–Crippen MR) is 95.0 cm³/mol. The maximum Gasteiger partial charge on any atom is 0.490 e. The number of nitrogens with one attached hydrogen (secondary N) is 1. The van der Waals surface area contributed by atoms with Crippen LogP contribution < -0.4 is 5.32 Å². The van der Waals surface area contributed by atoms with Gasteiger partial charge in [-0.1, -0.05) is 12.1 Å². The monoisotopic (exact) mass is 455 g/mol. The Morgan fingerprint density at radius 3 is 2.47 bits per heavy atom. The smallest absolute Gasteiger partial charge is 0.475 e. The molecule has 13 heteroatoms. The molecular weight excluding hydrogens is 440 g/mol. The first-order valence-electron chi connectivity index (χ1n) is 8.26. The van der Waals surface area contributed by atoms with Crippen LogP contribution in [0.4, 0.5) is 26.3 Å².